The third-order valence-electron chi connectivity index (χ3n) is 4.09. The summed E-state index contributed by atoms with van der Waals surface area (Å²) in [5, 5.41) is 0. The average molecular weight is 270 g/mol. The van der Waals surface area contributed by atoms with Crippen LogP contribution in [0.25, 0.3) is 0 Å². The average Bonchev–Trinajstić information content (AvgIpc) is 2.39. The highest BCUT2D eigenvalue weighted by Crippen LogP contribution is 2.37. The van der Waals surface area contributed by atoms with Crippen molar-refractivity contribution >= 4 is 11.8 Å². The highest BCUT2D eigenvalue weighted by molar-refractivity contribution is 6.03. The van der Waals surface area contributed by atoms with Crippen LogP contribution in [0.15, 0.2) is 0 Å². The quantitative estimate of drug-likeness (QED) is 0.550. The summed E-state index contributed by atoms with van der Waals surface area (Å²) in [4.78, 5) is 24.6. The molecule has 1 fully saturated rings. The van der Waals surface area contributed by atoms with Gasteiger partial charge in [-0.3, -0.25) is 9.59 Å². The van der Waals surface area contributed by atoms with E-state index >= 15 is 0 Å². The van der Waals surface area contributed by atoms with Gasteiger partial charge in [-0.15, -0.1) is 0 Å². The van der Waals surface area contributed by atoms with Gasteiger partial charge in [0.2, 0.25) is 0 Å². The molecule has 1 saturated carbocycles. The minimum atomic E-state index is -0.787. The number of rotatable bonds is 6. The maximum absolute atomic E-state index is 12.7. The van der Waals surface area contributed by atoms with E-state index in [1.54, 1.807) is 14.0 Å². The summed E-state index contributed by atoms with van der Waals surface area (Å²) in [7, 11) is 1.58. The van der Waals surface area contributed by atoms with Gasteiger partial charge >= 0.3 is 5.97 Å². The second kappa shape index (κ2) is 7.04. The molecule has 4 nitrogen and oxygen atoms in total. The molecule has 0 radical (unpaired) electrons. The summed E-state index contributed by atoms with van der Waals surface area (Å²) in [6, 6.07) is 0. The van der Waals surface area contributed by atoms with Crippen LogP contribution in [0.4, 0.5) is 0 Å². The molecule has 4 heteroatoms. The number of ether oxygens (including phenoxy) is 2. The van der Waals surface area contributed by atoms with E-state index < -0.39 is 17.5 Å². The molecule has 0 aromatic carbocycles. The molecule has 0 amide bonds. The van der Waals surface area contributed by atoms with Crippen LogP contribution >= 0.6 is 0 Å². The lowest BCUT2D eigenvalue weighted by molar-refractivity contribution is -0.163. The molecular formula is C15H26O4. The van der Waals surface area contributed by atoms with Gasteiger partial charge in [-0.1, -0.05) is 20.3 Å². The molecule has 0 spiro atoms. The number of esters is 1. The van der Waals surface area contributed by atoms with Crippen molar-refractivity contribution in [2.75, 3.05) is 13.7 Å². The van der Waals surface area contributed by atoms with Gasteiger partial charge in [0.25, 0.3) is 0 Å². The lowest BCUT2D eigenvalue weighted by atomic mass is 9.73. The first-order valence-electron chi connectivity index (χ1n) is 7.26. The zero-order chi connectivity index (χ0) is 14.5. The van der Waals surface area contributed by atoms with Gasteiger partial charge in [0.15, 0.2) is 5.78 Å². The number of methoxy groups -OCH3 is 1. The van der Waals surface area contributed by atoms with Crippen LogP contribution in [0.3, 0.4) is 0 Å². The van der Waals surface area contributed by atoms with E-state index in [2.05, 4.69) is 6.92 Å². The molecule has 0 aromatic rings. The minimum absolute atomic E-state index is 0.0949. The molecule has 1 rings (SSSR count). The van der Waals surface area contributed by atoms with Crippen LogP contribution in [-0.4, -0.2) is 31.1 Å². The van der Waals surface area contributed by atoms with Gasteiger partial charge in [-0.05, 0) is 38.5 Å². The minimum Gasteiger partial charge on any atom is -0.465 e. The van der Waals surface area contributed by atoms with Crippen molar-refractivity contribution < 1.29 is 19.1 Å². The van der Waals surface area contributed by atoms with Crippen LogP contribution in [0.2, 0.25) is 0 Å². The monoisotopic (exact) mass is 270 g/mol. The lowest BCUT2D eigenvalue weighted by Gasteiger charge is -2.39. The van der Waals surface area contributed by atoms with Gasteiger partial charge in [0.1, 0.15) is 11.5 Å². The number of Topliss-reactive ketones (excluding diaryl/α,β-unsaturated/α-hetero) is 1. The summed E-state index contributed by atoms with van der Waals surface area (Å²) >= 11 is 0. The first-order valence-corrected chi connectivity index (χ1v) is 7.26. The number of carbonyl (C=O) groups is 2. The van der Waals surface area contributed by atoms with E-state index in [4.69, 9.17) is 9.47 Å². The lowest BCUT2D eigenvalue weighted by Crippen LogP contribution is -2.49. The second-order valence-electron chi connectivity index (χ2n) is 5.48. The summed E-state index contributed by atoms with van der Waals surface area (Å²) in [5.41, 5.74) is -0.787. The second-order valence-corrected chi connectivity index (χ2v) is 5.48. The smallest absolute Gasteiger partial charge is 0.316 e. The fraction of sp³-hybridized carbons (Fsp3) is 0.867. The zero-order valence-corrected chi connectivity index (χ0v) is 12.5. The van der Waals surface area contributed by atoms with Gasteiger partial charge in [-0.2, -0.15) is 0 Å². The third kappa shape index (κ3) is 3.56. The maximum atomic E-state index is 12.7. The number of carbonyl (C=O) groups excluding carboxylic acids is 2. The Kier molecular flexibility index (Phi) is 5.98. The number of hydrogen-bond acceptors (Lipinski definition) is 4. The topological polar surface area (TPSA) is 52.6 Å². The third-order valence-corrected chi connectivity index (χ3v) is 4.09. The highest BCUT2D eigenvalue weighted by atomic mass is 16.5. The van der Waals surface area contributed by atoms with E-state index in [-0.39, 0.29) is 5.78 Å². The number of ketones is 1. The van der Waals surface area contributed by atoms with Crippen LogP contribution < -0.4 is 0 Å². The van der Waals surface area contributed by atoms with E-state index in [1.807, 2.05) is 6.92 Å². The standard InChI is InChI=1S/C15H26O4/c1-5-12(14(17)19-6-2)13(16)15(18-4)9-7-8-11(3)10-15/h11-12H,5-10H2,1-4H3. The molecule has 1 aliphatic carbocycles. The van der Waals surface area contributed by atoms with Crippen LogP contribution in [0, 0.1) is 11.8 Å². The summed E-state index contributed by atoms with van der Waals surface area (Å²) in [5.74, 6) is -0.741. The fourth-order valence-electron chi connectivity index (χ4n) is 3.03. The fourth-order valence-corrected chi connectivity index (χ4v) is 3.03. The molecule has 0 saturated heterocycles. The molecule has 0 bridgehead atoms. The first kappa shape index (κ1) is 16.2. The van der Waals surface area contributed by atoms with E-state index in [0.29, 0.717) is 31.8 Å². The van der Waals surface area contributed by atoms with Gasteiger partial charge < -0.3 is 9.47 Å². The molecule has 1 aliphatic rings. The SMILES string of the molecule is CCOC(=O)C(CC)C(=O)C1(OC)CCCC(C)C1. The molecular weight excluding hydrogens is 244 g/mol. The highest BCUT2D eigenvalue weighted by Gasteiger charge is 2.46. The van der Waals surface area contributed by atoms with Crippen molar-refractivity contribution in [3.63, 3.8) is 0 Å². The normalized spacial score (nSPS) is 28.7. The van der Waals surface area contributed by atoms with Crippen LogP contribution in [0.1, 0.15) is 52.9 Å². The predicted molar refractivity (Wildman–Crippen MR) is 72.8 cm³/mol. The Balaban J connectivity index is 2.89. The molecule has 110 valence electrons. The maximum Gasteiger partial charge on any atom is 0.316 e. The largest absolute Gasteiger partial charge is 0.465 e. The van der Waals surface area contributed by atoms with Crippen LogP contribution in [0.5, 0.6) is 0 Å². The Morgan fingerprint density at radius 3 is 2.53 bits per heavy atom. The zero-order valence-electron chi connectivity index (χ0n) is 12.5. The van der Waals surface area contributed by atoms with E-state index in [1.165, 1.54) is 0 Å². The van der Waals surface area contributed by atoms with E-state index in [0.717, 1.165) is 12.8 Å². The van der Waals surface area contributed by atoms with Crippen LogP contribution in [-0.2, 0) is 19.1 Å². The Hall–Kier alpha value is -0.900. The molecule has 0 heterocycles. The Bertz CT molecular complexity index is 326. The summed E-state index contributed by atoms with van der Waals surface area (Å²) < 4.78 is 10.6. The van der Waals surface area contributed by atoms with Crippen molar-refractivity contribution in [3.8, 4) is 0 Å². The van der Waals surface area contributed by atoms with Crippen molar-refractivity contribution in [3.05, 3.63) is 0 Å². The Morgan fingerprint density at radius 1 is 1.37 bits per heavy atom. The molecule has 0 N–H and O–H groups in total. The summed E-state index contributed by atoms with van der Waals surface area (Å²) in [6.45, 7) is 6.03. The Labute approximate surface area is 115 Å². The summed E-state index contributed by atoms with van der Waals surface area (Å²) in [6.07, 6.45) is 3.98. The Morgan fingerprint density at radius 2 is 2.05 bits per heavy atom. The van der Waals surface area contributed by atoms with Crippen molar-refractivity contribution in [1.29, 1.82) is 0 Å². The molecule has 0 aliphatic heterocycles. The molecule has 0 aromatic heterocycles. The van der Waals surface area contributed by atoms with Crippen molar-refractivity contribution in [2.45, 2.75) is 58.5 Å². The van der Waals surface area contributed by atoms with Crippen molar-refractivity contribution in [1.82, 2.24) is 0 Å². The predicted octanol–water partition coefficient (Wildman–Crippen LogP) is 2.74. The van der Waals surface area contributed by atoms with E-state index in [9.17, 15) is 9.59 Å². The van der Waals surface area contributed by atoms with Gasteiger partial charge in [-0.25, -0.2) is 0 Å². The van der Waals surface area contributed by atoms with Crippen molar-refractivity contribution in [2.24, 2.45) is 11.8 Å². The number of hydrogen-bond donors (Lipinski definition) is 0. The molecule has 3 atom stereocenters. The first-order chi connectivity index (χ1) is 9.00. The van der Waals surface area contributed by atoms with Gasteiger partial charge in [0.05, 0.1) is 6.61 Å². The van der Waals surface area contributed by atoms with Gasteiger partial charge in [0, 0.05) is 7.11 Å². The molecule has 3 unspecified atom stereocenters. The molecule has 19 heavy (non-hydrogen) atoms.